The average molecular weight is 233 g/mol. The molecular weight excluding hydrogens is 222 g/mol. The van der Waals surface area contributed by atoms with E-state index >= 15 is 0 Å². The van der Waals surface area contributed by atoms with Gasteiger partial charge in [0.2, 0.25) is 0 Å². The minimum atomic E-state index is -0.834. The minimum absolute atomic E-state index is 0.0994. The van der Waals surface area contributed by atoms with Crippen LogP contribution in [-0.4, -0.2) is 22.8 Å². The maximum absolute atomic E-state index is 11.4. The lowest BCUT2D eigenvalue weighted by Crippen LogP contribution is -2.12. The van der Waals surface area contributed by atoms with Crippen LogP contribution in [0.3, 0.4) is 0 Å². The van der Waals surface area contributed by atoms with Crippen molar-refractivity contribution in [3.8, 4) is 0 Å². The molecule has 0 radical (unpaired) electrons. The van der Waals surface area contributed by atoms with Crippen molar-refractivity contribution in [3.05, 3.63) is 29.3 Å². The van der Waals surface area contributed by atoms with E-state index in [0.29, 0.717) is 24.1 Å². The van der Waals surface area contributed by atoms with Gasteiger partial charge in [0.1, 0.15) is 0 Å². The first-order chi connectivity index (χ1) is 8.08. The van der Waals surface area contributed by atoms with Crippen molar-refractivity contribution in [2.24, 2.45) is 0 Å². The summed E-state index contributed by atoms with van der Waals surface area (Å²) in [6.45, 7) is 0. The van der Waals surface area contributed by atoms with E-state index in [4.69, 9.17) is 5.11 Å². The zero-order valence-corrected chi connectivity index (χ0v) is 9.03. The molecule has 0 aliphatic carbocycles. The highest BCUT2D eigenvalue weighted by atomic mass is 16.4. The number of carboxylic acids is 1. The van der Waals surface area contributed by atoms with E-state index in [1.54, 1.807) is 18.2 Å². The standard InChI is InChI=1S/C12H11NO4/c14-10(15)3-1-2-7-4-5-9-8(6-7)11(16)12(17)13-9/h4-6H,1-3H2,(H,14,15)(H,13,16,17). The van der Waals surface area contributed by atoms with Gasteiger partial charge in [-0.25, -0.2) is 0 Å². The number of rotatable bonds is 4. The molecule has 0 aromatic heterocycles. The maximum atomic E-state index is 11.4. The van der Waals surface area contributed by atoms with E-state index in [-0.39, 0.29) is 6.42 Å². The molecule has 0 unspecified atom stereocenters. The second-order valence-corrected chi connectivity index (χ2v) is 3.91. The van der Waals surface area contributed by atoms with Gasteiger partial charge in [-0.15, -0.1) is 0 Å². The Morgan fingerprint density at radius 1 is 1.29 bits per heavy atom. The summed E-state index contributed by atoms with van der Waals surface area (Å²) in [5.41, 5.74) is 1.78. The third-order valence-electron chi connectivity index (χ3n) is 2.64. The van der Waals surface area contributed by atoms with Gasteiger partial charge in [-0.05, 0) is 30.5 Å². The summed E-state index contributed by atoms with van der Waals surface area (Å²) in [5.74, 6) is -1.97. The molecule has 5 nitrogen and oxygen atoms in total. The Hall–Kier alpha value is -2.17. The summed E-state index contributed by atoms with van der Waals surface area (Å²) in [6.07, 6.45) is 1.20. The largest absolute Gasteiger partial charge is 0.481 e. The number of hydrogen-bond acceptors (Lipinski definition) is 3. The van der Waals surface area contributed by atoms with Crippen molar-refractivity contribution >= 4 is 23.3 Å². The van der Waals surface area contributed by atoms with E-state index < -0.39 is 17.7 Å². The van der Waals surface area contributed by atoms with Crippen LogP contribution in [0.15, 0.2) is 18.2 Å². The Morgan fingerprint density at radius 3 is 2.76 bits per heavy atom. The summed E-state index contributed by atoms with van der Waals surface area (Å²) in [5, 5.41) is 11.0. The molecule has 0 fully saturated rings. The van der Waals surface area contributed by atoms with Gasteiger partial charge in [0.15, 0.2) is 0 Å². The summed E-state index contributed by atoms with van der Waals surface area (Å²) in [7, 11) is 0. The summed E-state index contributed by atoms with van der Waals surface area (Å²) in [4.78, 5) is 32.9. The number of carbonyl (C=O) groups is 3. The molecule has 0 saturated heterocycles. The highest BCUT2D eigenvalue weighted by Gasteiger charge is 2.27. The zero-order chi connectivity index (χ0) is 12.4. The lowest BCUT2D eigenvalue weighted by Gasteiger charge is -2.02. The number of amides is 1. The van der Waals surface area contributed by atoms with Gasteiger partial charge in [0, 0.05) is 6.42 Å². The molecule has 0 spiro atoms. The fraction of sp³-hybridized carbons (Fsp3) is 0.250. The van der Waals surface area contributed by atoms with Gasteiger partial charge in [0.25, 0.3) is 11.7 Å². The smallest absolute Gasteiger partial charge is 0.303 e. The molecule has 1 aliphatic heterocycles. The second kappa shape index (κ2) is 4.37. The van der Waals surface area contributed by atoms with Crippen LogP contribution < -0.4 is 5.32 Å². The van der Waals surface area contributed by atoms with Gasteiger partial charge in [-0.3, -0.25) is 14.4 Å². The molecule has 2 N–H and O–H groups in total. The van der Waals surface area contributed by atoms with Gasteiger partial charge in [0.05, 0.1) is 11.3 Å². The Bertz CT molecular complexity index is 507. The Kier molecular flexibility index (Phi) is 2.91. The molecule has 1 amide bonds. The molecule has 1 aromatic carbocycles. The Morgan fingerprint density at radius 2 is 2.06 bits per heavy atom. The number of carbonyl (C=O) groups excluding carboxylic acids is 2. The lowest BCUT2D eigenvalue weighted by atomic mass is 10.0. The predicted molar refractivity (Wildman–Crippen MR) is 60.0 cm³/mol. The third-order valence-corrected chi connectivity index (χ3v) is 2.64. The van der Waals surface area contributed by atoms with Crippen LogP contribution >= 0.6 is 0 Å². The number of nitrogens with one attached hydrogen (secondary N) is 1. The number of aryl methyl sites for hydroxylation is 1. The Balaban J connectivity index is 2.10. The van der Waals surface area contributed by atoms with E-state index in [0.717, 1.165) is 5.56 Å². The van der Waals surface area contributed by atoms with Crippen LogP contribution in [0.4, 0.5) is 5.69 Å². The number of aliphatic carboxylic acids is 1. The van der Waals surface area contributed by atoms with E-state index in [1.807, 2.05) is 0 Å². The zero-order valence-electron chi connectivity index (χ0n) is 9.03. The molecule has 1 aliphatic rings. The van der Waals surface area contributed by atoms with Crippen LogP contribution in [0.25, 0.3) is 0 Å². The average Bonchev–Trinajstić information content (AvgIpc) is 2.55. The minimum Gasteiger partial charge on any atom is -0.481 e. The van der Waals surface area contributed by atoms with E-state index in [1.165, 1.54) is 0 Å². The normalized spacial score (nSPS) is 13.4. The summed E-state index contributed by atoms with van der Waals surface area (Å²) >= 11 is 0. The number of fused-ring (bicyclic) bond motifs is 1. The van der Waals surface area contributed by atoms with Crippen LogP contribution in [0, 0.1) is 0 Å². The van der Waals surface area contributed by atoms with Crippen LogP contribution in [0.2, 0.25) is 0 Å². The first-order valence-corrected chi connectivity index (χ1v) is 5.28. The Labute approximate surface area is 97.4 Å². The van der Waals surface area contributed by atoms with Crippen molar-refractivity contribution in [2.45, 2.75) is 19.3 Å². The van der Waals surface area contributed by atoms with Crippen molar-refractivity contribution in [3.63, 3.8) is 0 Å². The number of anilines is 1. The number of ketones is 1. The molecule has 5 heteroatoms. The van der Waals surface area contributed by atoms with Crippen molar-refractivity contribution in [1.29, 1.82) is 0 Å². The maximum Gasteiger partial charge on any atom is 0.303 e. The number of benzene rings is 1. The molecule has 2 rings (SSSR count). The SMILES string of the molecule is O=C(O)CCCc1ccc2c(c1)C(=O)C(=O)N2. The van der Waals surface area contributed by atoms with Gasteiger partial charge in [-0.2, -0.15) is 0 Å². The molecule has 17 heavy (non-hydrogen) atoms. The molecule has 88 valence electrons. The number of hydrogen-bond donors (Lipinski definition) is 2. The highest BCUT2D eigenvalue weighted by Crippen LogP contribution is 2.24. The monoisotopic (exact) mass is 233 g/mol. The predicted octanol–water partition coefficient (Wildman–Crippen LogP) is 1.23. The second-order valence-electron chi connectivity index (χ2n) is 3.91. The fourth-order valence-corrected chi connectivity index (χ4v) is 1.79. The van der Waals surface area contributed by atoms with E-state index in [2.05, 4.69) is 5.32 Å². The molecular formula is C12H11NO4. The molecule has 0 atom stereocenters. The quantitative estimate of drug-likeness (QED) is 0.766. The number of carboxylic acid groups (broad SMARTS) is 1. The topological polar surface area (TPSA) is 83.5 Å². The lowest BCUT2D eigenvalue weighted by molar-refractivity contribution is -0.137. The van der Waals surface area contributed by atoms with Crippen molar-refractivity contribution in [2.75, 3.05) is 5.32 Å². The third kappa shape index (κ3) is 2.33. The van der Waals surface area contributed by atoms with Crippen molar-refractivity contribution < 1.29 is 19.5 Å². The van der Waals surface area contributed by atoms with Crippen LogP contribution in [0.5, 0.6) is 0 Å². The first-order valence-electron chi connectivity index (χ1n) is 5.28. The van der Waals surface area contributed by atoms with Crippen molar-refractivity contribution in [1.82, 2.24) is 0 Å². The van der Waals surface area contributed by atoms with Gasteiger partial charge >= 0.3 is 5.97 Å². The fourth-order valence-electron chi connectivity index (χ4n) is 1.79. The first kappa shape index (κ1) is 11.3. The molecule has 1 heterocycles. The summed E-state index contributed by atoms with van der Waals surface area (Å²) < 4.78 is 0. The molecule has 0 bridgehead atoms. The van der Waals surface area contributed by atoms with Crippen LogP contribution in [0.1, 0.15) is 28.8 Å². The van der Waals surface area contributed by atoms with Gasteiger partial charge in [-0.1, -0.05) is 6.07 Å². The highest BCUT2D eigenvalue weighted by molar-refractivity contribution is 6.51. The van der Waals surface area contributed by atoms with Gasteiger partial charge < -0.3 is 10.4 Å². The molecule has 1 aromatic rings. The number of Topliss-reactive ketones (excluding diaryl/α,β-unsaturated/α-hetero) is 1. The van der Waals surface area contributed by atoms with Crippen LogP contribution in [-0.2, 0) is 16.0 Å². The van der Waals surface area contributed by atoms with E-state index in [9.17, 15) is 14.4 Å². The molecule has 0 saturated carbocycles. The summed E-state index contributed by atoms with van der Waals surface area (Å²) in [6, 6.07) is 5.12.